The van der Waals surface area contributed by atoms with Gasteiger partial charge in [-0.1, -0.05) is 52.9 Å². The van der Waals surface area contributed by atoms with Crippen LogP contribution in [0, 0.1) is 0 Å². The van der Waals surface area contributed by atoms with Gasteiger partial charge in [-0.25, -0.2) is 0 Å². The summed E-state index contributed by atoms with van der Waals surface area (Å²) >= 11 is 0. The molecule has 3 heteroatoms. The van der Waals surface area contributed by atoms with Crippen LogP contribution in [0.25, 0.3) is 0 Å². The van der Waals surface area contributed by atoms with Crippen LogP contribution in [0.2, 0.25) is 0 Å². The molecule has 3 nitrogen and oxygen atoms in total. The molecule has 1 unspecified atom stereocenters. The van der Waals surface area contributed by atoms with Gasteiger partial charge in [0.1, 0.15) is 0 Å². The SMILES string of the molecule is CCCCCCCC1CCC(OCCC)(OCCC)O1. The van der Waals surface area contributed by atoms with Gasteiger partial charge in [-0.3, -0.25) is 0 Å². The average molecular weight is 286 g/mol. The Labute approximate surface area is 125 Å². The first-order valence-corrected chi connectivity index (χ1v) is 8.72. The van der Waals surface area contributed by atoms with Crippen molar-refractivity contribution in [3.63, 3.8) is 0 Å². The second-order valence-corrected chi connectivity index (χ2v) is 5.86. The molecule has 1 aliphatic rings. The highest BCUT2D eigenvalue weighted by molar-refractivity contribution is 4.75. The third-order valence-corrected chi connectivity index (χ3v) is 3.80. The van der Waals surface area contributed by atoms with E-state index in [9.17, 15) is 0 Å². The Kier molecular flexibility index (Phi) is 9.49. The Morgan fingerprint density at radius 1 is 0.900 bits per heavy atom. The van der Waals surface area contributed by atoms with E-state index < -0.39 is 5.97 Å². The molecule has 0 N–H and O–H groups in total. The molecule has 0 bridgehead atoms. The Morgan fingerprint density at radius 3 is 2.15 bits per heavy atom. The smallest absolute Gasteiger partial charge is 0.283 e. The lowest BCUT2D eigenvalue weighted by Crippen LogP contribution is -2.37. The van der Waals surface area contributed by atoms with Gasteiger partial charge in [0.05, 0.1) is 19.3 Å². The number of rotatable bonds is 12. The third-order valence-electron chi connectivity index (χ3n) is 3.80. The average Bonchev–Trinajstić information content (AvgIpc) is 2.87. The summed E-state index contributed by atoms with van der Waals surface area (Å²) in [5, 5.41) is 0. The van der Waals surface area contributed by atoms with Gasteiger partial charge in [-0.15, -0.1) is 0 Å². The van der Waals surface area contributed by atoms with E-state index in [1.807, 2.05) is 0 Å². The van der Waals surface area contributed by atoms with E-state index in [2.05, 4.69) is 20.8 Å². The Balaban J connectivity index is 2.27. The maximum absolute atomic E-state index is 6.12. The van der Waals surface area contributed by atoms with Gasteiger partial charge < -0.3 is 14.2 Å². The summed E-state index contributed by atoms with van der Waals surface area (Å²) in [5.41, 5.74) is 0. The van der Waals surface area contributed by atoms with Crippen molar-refractivity contribution in [2.75, 3.05) is 13.2 Å². The van der Waals surface area contributed by atoms with E-state index in [1.54, 1.807) is 0 Å². The molecular formula is C17H34O3. The molecular weight excluding hydrogens is 252 g/mol. The molecule has 0 spiro atoms. The van der Waals surface area contributed by atoms with Crippen LogP contribution in [0.1, 0.15) is 85.0 Å². The molecule has 0 aromatic heterocycles. The van der Waals surface area contributed by atoms with Crippen molar-refractivity contribution in [1.82, 2.24) is 0 Å². The van der Waals surface area contributed by atoms with Crippen LogP contribution in [0.5, 0.6) is 0 Å². The van der Waals surface area contributed by atoms with Crippen LogP contribution < -0.4 is 0 Å². The fraction of sp³-hybridized carbons (Fsp3) is 1.00. The van der Waals surface area contributed by atoms with Crippen LogP contribution >= 0.6 is 0 Å². The van der Waals surface area contributed by atoms with E-state index in [1.165, 1.54) is 32.1 Å². The molecule has 1 aliphatic heterocycles. The van der Waals surface area contributed by atoms with Crippen molar-refractivity contribution >= 4 is 0 Å². The quantitative estimate of drug-likeness (QED) is 0.372. The molecule has 1 heterocycles. The molecule has 0 radical (unpaired) electrons. The van der Waals surface area contributed by atoms with E-state index >= 15 is 0 Å². The van der Waals surface area contributed by atoms with E-state index in [0.717, 1.165) is 32.1 Å². The topological polar surface area (TPSA) is 27.7 Å². The molecule has 20 heavy (non-hydrogen) atoms. The fourth-order valence-electron chi connectivity index (χ4n) is 2.66. The number of unbranched alkanes of at least 4 members (excludes halogenated alkanes) is 4. The largest absolute Gasteiger partial charge is 0.327 e. The summed E-state index contributed by atoms with van der Waals surface area (Å²) < 4.78 is 17.9. The monoisotopic (exact) mass is 286 g/mol. The molecule has 1 rings (SSSR count). The normalized spacial score (nSPS) is 21.4. The van der Waals surface area contributed by atoms with E-state index in [0.29, 0.717) is 19.3 Å². The lowest BCUT2D eigenvalue weighted by Gasteiger charge is -2.29. The summed E-state index contributed by atoms with van der Waals surface area (Å²) in [6.45, 7) is 7.92. The summed E-state index contributed by atoms with van der Waals surface area (Å²) in [6.07, 6.45) is 12.0. The first-order chi connectivity index (χ1) is 9.76. The summed E-state index contributed by atoms with van der Waals surface area (Å²) in [5.74, 6) is -0.736. The maximum atomic E-state index is 6.12. The first-order valence-electron chi connectivity index (χ1n) is 8.72. The van der Waals surface area contributed by atoms with Crippen molar-refractivity contribution in [2.45, 2.75) is 97.1 Å². The van der Waals surface area contributed by atoms with Crippen molar-refractivity contribution in [1.29, 1.82) is 0 Å². The van der Waals surface area contributed by atoms with Crippen molar-refractivity contribution in [2.24, 2.45) is 0 Å². The van der Waals surface area contributed by atoms with Crippen LogP contribution in [0.3, 0.4) is 0 Å². The van der Waals surface area contributed by atoms with Gasteiger partial charge in [-0.2, -0.15) is 0 Å². The number of ether oxygens (including phenoxy) is 3. The van der Waals surface area contributed by atoms with Crippen LogP contribution in [-0.2, 0) is 14.2 Å². The predicted molar refractivity (Wildman–Crippen MR) is 82.7 cm³/mol. The molecule has 120 valence electrons. The molecule has 1 atom stereocenters. The van der Waals surface area contributed by atoms with Gasteiger partial charge in [0, 0.05) is 6.42 Å². The van der Waals surface area contributed by atoms with Gasteiger partial charge in [0.2, 0.25) is 0 Å². The van der Waals surface area contributed by atoms with Crippen molar-refractivity contribution in [3.05, 3.63) is 0 Å². The Morgan fingerprint density at radius 2 is 1.55 bits per heavy atom. The van der Waals surface area contributed by atoms with Gasteiger partial charge >= 0.3 is 0 Å². The molecule has 0 saturated carbocycles. The molecule has 0 aromatic carbocycles. The zero-order chi connectivity index (χ0) is 14.7. The van der Waals surface area contributed by atoms with Crippen LogP contribution in [-0.4, -0.2) is 25.3 Å². The third kappa shape index (κ3) is 6.55. The predicted octanol–water partition coefficient (Wildman–Crippen LogP) is 5.03. The molecule has 1 fully saturated rings. The standard InChI is InChI=1S/C17H34O3/c1-4-7-8-9-10-11-16-12-13-17(20-16,18-14-5-2)19-15-6-3/h16H,4-15H2,1-3H3. The second-order valence-electron chi connectivity index (χ2n) is 5.86. The minimum atomic E-state index is -0.736. The highest BCUT2D eigenvalue weighted by Gasteiger charge is 2.42. The molecule has 1 saturated heterocycles. The zero-order valence-corrected chi connectivity index (χ0v) is 13.8. The lowest BCUT2D eigenvalue weighted by molar-refractivity contribution is -0.370. The van der Waals surface area contributed by atoms with Gasteiger partial charge in [0.25, 0.3) is 5.97 Å². The summed E-state index contributed by atoms with van der Waals surface area (Å²) in [7, 11) is 0. The summed E-state index contributed by atoms with van der Waals surface area (Å²) in [4.78, 5) is 0. The zero-order valence-electron chi connectivity index (χ0n) is 13.8. The molecule has 0 aliphatic carbocycles. The second kappa shape index (κ2) is 10.6. The molecule has 0 aromatic rings. The Hall–Kier alpha value is -0.120. The molecule has 0 amide bonds. The lowest BCUT2D eigenvalue weighted by atomic mass is 10.1. The Bertz CT molecular complexity index is 222. The van der Waals surface area contributed by atoms with Crippen LogP contribution in [0.4, 0.5) is 0 Å². The van der Waals surface area contributed by atoms with E-state index in [-0.39, 0.29) is 0 Å². The maximum Gasteiger partial charge on any atom is 0.283 e. The fourth-order valence-corrected chi connectivity index (χ4v) is 2.66. The minimum absolute atomic E-state index is 0.324. The highest BCUT2D eigenvalue weighted by atomic mass is 16.9. The van der Waals surface area contributed by atoms with Crippen LogP contribution in [0.15, 0.2) is 0 Å². The van der Waals surface area contributed by atoms with E-state index in [4.69, 9.17) is 14.2 Å². The number of hydrogen-bond donors (Lipinski definition) is 0. The first kappa shape index (κ1) is 17.9. The van der Waals surface area contributed by atoms with Gasteiger partial charge in [0.15, 0.2) is 0 Å². The number of hydrogen-bond acceptors (Lipinski definition) is 3. The van der Waals surface area contributed by atoms with Crippen molar-refractivity contribution < 1.29 is 14.2 Å². The van der Waals surface area contributed by atoms with Crippen molar-refractivity contribution in [3.8, 4) is 0 Å². The minimum Gasteiger partial charge on any atom is -0.327 e. The summed E-state index contributed by atoms with van der Waals surface area (Å²) in [6, 6.07) is 0. The highest BCUT2D eigenvalue weighted by Crippen LogP contribution is 2.35. The van der Waals surface area contributed by atoms with Gasteiger partial charge in [-0.05, 0) is 25.7 Å².